The number of amides is 1. The maximum absolute atomic E-state index is 12.8. The Balaban J connectivity index is 1.58. The second-order valence-electron chi connectivity index (χ2n) is 10.9. The van der Waals surface area contributed by atoms with Crippen LogP contribution in [0.3, 0.4) is 0 Å². The van der Waals surface area contributed by atoms with Crippen molar-refractivity contribution in [1.29, 1.82) is 0 Å². The zero-order valence-corrected chi connectivity index (χ0v) is 21.0. The molecule has 2 aliphatic carbocycles. The molecule has 5 N–H and O–H groups in total. The number of aromatic nitrogens is 1. The third kappa shape index (κ3) is 5.27. The number of ether oxygens (including phenoxy) is 1. The molecule has 1 aromatic heterocycles. The molecule has 8 nitrogen and oxygen atoms in total. The first kappa shape index (κ1) is 25.0. The van der Waals surface area contributed by atoms with Crippen molar-refractivity contribution >= 4 is 23.3 Å². The monoisotopic (exact) mass is 480 g/mol. The van der Waals surface area contributed by atoms with E-state index < -0.39 is 11.9 Å². The number of fused-ring (bicyclic) bond motifs is 1. The fourth-order valence-corrected chi connectivity index (χ4v) is 5.34. The van der Waals surface area contributed by atoms with Gasteiger partial charge in [-0.15, -0.1) is 0 Å². The van der Waals surface area contributed by atoms with Gasteiger partial charge < -0.3 is 26.1 Å². The lowest BCUT2D eigenvalue weighted by Gasteiger charge is -2.31. The van der Waals surface area contributed by atoms with E-state index in [4.69, 9.17) is 16.2 Å². The van der Waals surface area contributed by atoms with Crippen LogP contribution in [0.15, 0.2) is 24.4 Å². The van der Waals surface area contributed by atoms with Crippen molar-refractivity contribution in [3.8, 4) is 5.69 Å². The van der Waals surface area contributed by atoms with Gasteiger partial charge in [-0.2, -0.15) is 0 Å². The molecule has 0 spiro atoms. The molecule has 1 heterocycles. The Kier molecular flexibility index (Phi) is 6.77. The molecule has 1 saturated carbocycles. The number of ketones is 1. The molecule has 188 valence electrons. The van der Waals surface area contributed by atoms with Gasteiger partial charge in [0.1, 0.15) is 12.1 Å². The summed E-state index contributed by atoms with van der Waals surface area (Å²) < 4.78 is 7.55. The first-order valence-corrected chi connectivity index (χ1v) is 12.4. The van der Waals surface area contributed by atoms with Gasteiger partial charge in [0, 0.05) is 41.3 Å². The first-order valence-electron chi connectivity index (χ1n) is 12.4. The fourth-order valence-electron chi connectivity index (χ4n) is 5.34. The lowest BCUT2D eigenvalue weighted by atomic mass is 9.75. The Morgan fingerprint density at radius 1 is 1.17 bits per heavy atom. The minimum Gasteiger partial charge on any atom is -0.461 e. The number of benzene rings is 1. The summed E-state index contributed by atoms with van der Waals surface area (Å²) in [5.74, 6) is -0.696. The van der Waals surface area contributed by atoms with Gasteiger partial charge >= 0.3 is 5.97 Å². The van der Waals surface area contributed by atoms with Crippen LogP contribution in [0.2, 0.25) is 0 Å². The van der Waals surface area contributed by atoms with E-state index in [1.807, 2.05) is 25.3 Å². The Morgan fingerprint density at radius 2 is 1.86 bits per heavy atom. The van der Waals surface area contributed by atoms with Gasteiger partial charge in [0.25, 0.3) is 5.91 Å². The molecule has 0 saturated heterocycles. The zero-order valence-electron chi connectivity index (χ0n) is 21.0. The van der Waals surface area contributed by atoms with Crippen LogP contribution in [0, 0.1) is 12.3 Å². The number of esters is 1. The fraction of sp³-hybridized carbons (Fsp3) is 0.519. The third-order valence-electron chi connectivity index (χ3n) is 7.10. The van der Waals surface area contributed by atoms with Gasteiger partial charge in [0.2, 0.25) is 0 Å². The maximum Gasteiger partial charge on any atom is 0.322 e. The molecular weight excluding hydrogens is 444 g/mol. The summed E-state index contributed by atoms with van der Waals surface area (Å²) in [4.78, 5) is 36.8. The number of hydrogen-bond donors (Lipinski definition) is 3. The summed E-state index contributed by atoms with van der Waals surface area (Å²) in [6.07, 6.45) is 6.24. The topological polar surface area (TPSA) is 129 Å². The lowest BCUT2D eigenvalue weighted by Crippen LogP contribution is -2.36. The Hall–Kier alpha value is -3.13. The van der Waals surface area contributed by atoms with E-state index in [0.717, 1.165) is 54.6 Å². The Morgan fingerprint density at radius 3 is 2.49 bits per heavy atom. The van der Waals surface area contributed by atoms with Gasteiger partial charge in [-0.25, -0.2) is 0 Å². The van der Waals surface area contributed by atoms with E-state index in [1.54, 1.807) is 13.0 Å². The van der Waals surface area contributed by atoms with Crippen molar-refractivity contribution in [1.82, 2.24) is 4.57 Å². The van der Waals surface area contributed by atoms with Crippen LogP contribution in [0.4, 0.5) is 5.69 Å². The summed E-state index contributed by atoms with van der Waals surface area (Å²) in [5.41, 5.74) is 16.0. The van der Waals surface area contributed by atoms with Gasteiger partial charge in [-0.05, 0) is 75.1 Å². The number of anilines is 1. The molecule has 0 unspecified atom stereocenters. The van der Waals surface area contributed by atoms with Crippen molar-refractivity contribution < 1.29 is 19.1 Å². The Labute approximate surface area is 206 Å². The van der Waals surface area contributed by atoms with E-state index in [9.17, 15) is 14.4 Å². The summed E-state index contributed by atoms with van der Waals surface area (Å²) in [7, 11) is 0. The summed E-state index contributed by atoms with van der Waals surface area (Å²) in [5, 5.41) is 3.50. The quantitative estimate of drug-likeness (QED) is 0.541. The smallest absolute Gasteiger partial charge is 0.322 e. The van der Waals surface area contributed by atoms with Crippen LogP contribution >= 0.6 is 0 Å². The van der Waals surface area contributed by atoms with Crippen molar-refractivity contribution in [3.05, 3.63) is 46.8 Å². The minimum atomic E-state index is -0.629. The molecule has 2 aliphatic rings. The van der Waals surface area contributed by atoms with Gasteiger partial charge in [-0.1, -0.05) is 13.8 Å². The average Bonchev–Trinajstić information content (AvgIpc) is 3.09. The molecule has 1 atom stereocenters. The standard InChI is InChI=1S/C27H36N4O4/c1-15-14-31(22-12-27(3,4)13-23(32)24(15)22)18-7-10-20(25(29)33)21(11-18)30-17-5-8-19(9-6-17)35-26(34)16(2)28/h7,10-11,14,16-17,19,30H,5-6,8-9,12-13,28H2,1-4H3,(H2,29,33)/t16-,17?,19?/m1/s1. The van der Waals surface area contributed by atoms with Crippen LogP contribution in [0.5, 0.6) is 0 Å². The number of nitrogens with one attached hydrogen (secondary N) is 1. The molecule has 0 radical (unpaired) electrons. The largest absolute Gasteiger partial charge is 0.461 e. The molecular formula is C27H36N4O4. The number of primary amides is 1. The highest BCUT2D eigenvalue weighted by molar-refractivity contribution is 6.01. The van der Waals surface area contributed by atoms with E-state index in [2.05, 4.69) is 23.7 Å². The predicted octanol–water partition coefficient (Wildman–Crippen LogP) is 3.65. The predicted molar refractivity (Wildman–Crippen MR) is 135 cm³/mol. The molecule has 1 aromatic carbocycles. The minimum absolute atomic E-state index is 0.106. The van der Waals surface area contributed by atoms with Crippen molar-refractivity contribution in [3.63, 3.8) is 0 Å². The third-order valence-corrected chi connectivity index (χ3v) is 7.10. The van der Waals surface area contributed by atoms with E-state index in [1.165, 1.54) is 0 Å². The van der Waals surface area contributed by atoms with Crippen molar-refractivity contribution in [2.75, 3.05) is 5.32 Å². The normalized spacial score (nSPS) is 22.3. The summed E-state index contributed by atoms with van der Waals surface area (Å²) in [6, 6.07) is 5.05. The summed E-state index contributed by atoms with van der Waals surface area (Å²) in [6.45, 7) is 7.82. The highest BCUT2D eigenvalue weighted by Crippen LogP contribution is 2.38. The second kappa shape index (κ2) is 9.49. The summed E-state index contributed by atoms with van der Waals surface area (Å²) >= 11 is 0. The number of Topliss-reactive ketones (excluding diaryl/α,β-unsaturated/α-hetero) is 1. The highest BCUT2D eigenvalue weighted by Gasteiger charge is 2.35. The molecule has 8 heteroatoms. The van der Waals surface area contributed by atoms with E-state index in [-0.39, 0.29) is 29.3 Å². The first-order chi connectivity index (χ1) is 16.4. The number of rotatable bonds is 6. The van der Waals surface area contributed by atoms with Crippen molar-refractivity contribution in [2.24, 2.45) is 16.9 Å². The number of carbonyl (C=O) groups excluding carboxylic acids is 3. The molecule has 1 amide bonds. The van der Waals surface area contributed by atoms with Gasteiger partial charge in [-0.3, -0.25) is 14.4 Å². The Bertz CT molecular complexity index is 1160. The van der Waals surface area contributed by atoms with E-state index >= 15 is 0 Å². The van der Waals surface area contributed by atoms with E-state index in [0.29, 0.717) is 17.7 Å². The lowest BCUT2D eigenvalue weighted by molar-refractivity contribution is -0.151. The molecule has 35 heavy (non-hydrogen) atoms. The molecule has 0 aliphatic heterocycles. The molecule has 4 rings (SSSR count). The number of nitrogens with two attached hydrogens (primary N) is 2. The van der Waals surface area contributed by atoms with Crippen LogP contribution in [0.1, 0.15) is 84.8 Å². The van der Waals surface area contributed by atoms with Gasteiger partial charge in [0.15, 0.2) is 5.78 Å². The second-order valence-corrected chi connectivity index (χ2v) is 10.9. The highest BCUT2D eigenvalue weighted by atomic mass is 16.5. The molecule has 0 bridgehead atoms. The maximum atomic E-state index is 12.8. The van der Waals surface area contributed by atoms with Crippen LogP contribution in [-0.2, 0) is 16.0 Å². The zero-order chi connectivity index (χ0) is 25.5. The SMILES string of the molecule is Cc1cn(-c2ccc(C(N)=O)c(NC3CCC(OC(=O)[C@@H](C)N)CC3)c2)c2c1C(=O)CC(C)(C)C2. The number of aryl methyl sites for hydroxylation is 1. The van der Waals surface area contributed by atoms with Crippen molar-refractivity contribution in [2.45, 2.75) is 84.4 Å². The van der Waals surface area contributed by atoms with Gasteiger partial charge in [0.05, 0.1) is 5.56 Å². The number of hydrogen-bond acceptors (Lipinski definition) is 6. The molecule has 2 aromatic rings. The number of nitrogens with zero attached hydrogens (tertiary/aromatic N) is 1. The van der Waals surface area contributed by atoms with Crippen LogP contribution in [0.25, 0.3) is 5.69 Å². The van der Waals surface area contributed by atoms with Crippen LogP contribution in [-0.4, -0.2) is 40.4 Å². The number of carbonyl (C=O) groups is 3. The average molecular weight is 481 g/mol. The van der Waals surface area contributed by atoms with Crippen LogP contribution < -0.4 is 16.8 Å². The molecule has 1 fully saturated rings.